The minimum absolute atomic E-state index is 0.104. The minimum atomic E-state index is -0.813. The molecule has 0 spiro atoms. The van der Waals surface area contributed by atoms with Crippen LogP contribution in [0.5, 0.6) is 0 Å². The molecule has 3 aromatic heterocycles. The first-order valence-corrected chi connectivity index (χ1v) is 11.3. The fraction of sp³-hybridized carbons (Fsp3) is 0.417. The Morgan fingerprint density at radius 2 is 2.00 bits per heavy atom. The van der Waals surface area contributed by atoms with E-state index in [0.717, 1.165) is 33.9 Å². The second-order valence-corrected chi connectivity index (χ2v) is 9.67. The van der Waals surface area contributed by atoms with E-state index in [9.17, 15) is 14.9 Å². The van der Waals surface area contributed by atoms with Gasteiger partial charge < -0.3 is 14.3 Å². The molecule has 3 aromatic rings. The lowest BCUT2D eigenvalue weighted by Gasteiger charge is -2.13. The third-order valence-corrected chi connectivity index (χ3v) is 6.63. The summed E-state index contributed by atoms with van der Waals surface area (Å²) in [6, 6.07) is 3.90. The van der Waals surface area contributed by atoms with Gasteiger partial charge in [0.2, 0.25) is 0 Å². The van der Waals surface area contributed by atoms with Crippen LogP contribution in [0.15, 0.2) is 16.4 Å². The molecule has 7 nitrogen and oxygen atoms in total. The number of nitriles is 1. The highest BCUT2D eigenvalue weighted by Crippen LogP contribution is 2.27. The third kappa shape index (κ3) is 4.53. The average Bonchev–Trinajstić information content (AvgIpc) is 3.15. The zero-order chi connectivity index (χ0) is 23.7. The molecule has 0 aromatic carbocycles. The van der Waals surface area contributed by atoms with Gasteiger partial charge >= 0.3 is 5.97 Å². The number of esters is 1. The Bertz CT molecular complexity index is 1320. The maximum absolute atomic E-state index is 12.7. The van der Waals surface area contributed by atoms with Crippen LogP contribution in [0, 0.1) is 44.9 Å². The van der Waals surface area contributed by atoms with Crippen LogP contribution < -0.4 is 5.56 Å². The van der Waals surface area contributed by atoms with Crippen LogP contribution in [0.1, 0.15) is 60.1 Å². The molecule has 0 bridgehead atoms. The van der Waals surface area contributed by atoms with E-state index in [-0.39, 0.29) is 17.0 Å². The Hall–Kier alpha value is -3.18. The number of carbonyl (C=O) groups is 1. The molecule has 0 radical (unpaired) electrons. The first-order valence-electron chi connectivity index (χ1n) is 10.5. The van der Waals surface area contributed by atoms with Gasteiger partial charge in [-0.05, 0) is 63.8 Å². The van der Waals surface area contributed by atoms with Crippen molar-refractivity contribution in [2.45, 2.75) is 61.1 Å². The maximum atomic E-state index is 12.7. The molecule has 3 heterocycles. The summed E-state index contributed by atoms with van der Waals surface area (Å²) in [5.74, 6) is -0.0275. The number of rotatable bonds is 6. The molecule has 8 heteroatoms. The molecule has 1 unspecified atom stereocenters. The number of hydrogen-bond acceptors (Lipinski definition) is 6. The number of nitrogens with zero attached hydrogens (tertiary/aromatic N) is 3. The van der Waals surface area contributed by atoms with Crippen molar-refractivity contribution in [2.75, 3.05) is 0 Å². The second-order valence-electron chi connectivity index (χ2n) is 8.46. The molecular formula is C24H28N4O3S. The van der Waals surface area contributed by atoms with E-state index in [4.69, 9.17) is 4.74 Å². The van der Waals surface area contributed by atoms with E-state index in [1.165, 1.54) is 11.3 Å². The van der Waals surface area contributed by atoms with E-state index in [1.54, 1.807) is 13.0 Å². The molecule has 0 aliphatic carbocycles. The molecule has 3 rings (SSSR count). The third-order valence-electron chi connectivity index (χ3n) is 5.53. The van der Waals surface area contributed by atoms with Gasteiger partial charge in [0.1, 0.15) is 16.5 Å². The van der Waals surface area contributed by atoms with E-state index < -0.39 is 12.1 Å². The summed E-state index contributed by atoms with van der Waals surface area (Å²) in [5, 5.41) is 10.1. The fourth-order valence-corrected chi connectivity index (χ4v) is 4.69. The lowest BCUT2D eigenvalue weighted by molar-refractivity contribution is -0.143. The largest absolute Gasteiger partial charge is 0.450 e. The number of aromatic amines is 1. The minimum Gasteiger partial charge on any atom is -0.450 e. The zero-order valence-corrected chi connectivity index (χ0v) is 20.3. The monoisotopic (exact) mass is 452 g/mol. The quantitative estimate of drug-likeness (QED) is 0.326. The number of carbonyl (C=O) groups excluding carboxylic acids is 1. The summed E-state index contributed by atoms with van der Waals surface area (Å²) in [7, 11) is 0. The molecule has 0 aliphatic rings. The van der Waals surface area contributed by atoms with Crippen molar-refractivity contribution in [3.8, 4) is 6.07 Å². The molecule has 1 N–H and O–H groups in total. The summed E-state index contributed by atoms with van der Waals surface area (Å²) < 4.78 is 7.65. The molecule has 0 fully saturated rings. The Balaban J connectivity index is 1.86. The molecule has 0 amide bonds. The number of aromatic nitrogens is 3. The Morgan fingerprint density at radius 1 is 1.31 bits per heavy atom. The summed E-state index contributed by atoms with van der Waals surface area (Å²) in [4.78, 5) is 34.0. The van der Waals surface area contributed by atoms with Crippen LogP contribution in [0.3, 0.4) is 0 Å². The lowest BCUT2D eigenvalue weighted by atomic mass is 10.1. The topological polar surface area (TPSA) is 101 Å². The number of fused-ring (bicyclic) bond motifs is 1. The van der Waals surface area contributed by atoms with Crippen molar-refractivity contribution in [1.82, 2.24) is 14.5 Å². The van der Waals surface area contributed by atoms with Gasteiger partial charge in [-0.2, -0.15) is 5.26 Å². The van der Waals surface area contributed by atoms with Crippen molar-refractivity contribution in [2.24, 2.45) is 5.92 Å². The standard InChI is InChI=1S/C24H28N4O3S/c1-12(2)11-28-13(3)8-18(15(28)5)9-19(10-25)24(30)31-16(6)21-26-22(29)20-14(4)17(7)32-23(20)27-21/h8-9,12,16H,11H2,1-7H3,(H,26,27,29)/b19-9+. The predicted molar refractivity (Wildman–Crippen MR) is 127 cm³/mol. The Labute approximate surface area is 191 Å². The Morgan fingerprint density at radius 3 is 2.62 bits per heavy atom. The van der Waals surface area contributed by atoms with Crippen molar-refractivity contribution >= 4 is 33.6 Å². The van der Waals surface area contributed by atoms with Gasteiger partial charge in [0.25, 0.3) is 5.56 Å². The highest BCUT2D eigenvalue weighted by molar-refractivity contribution is 7.18. The number of nitrogens with one attached hydrogen (secondary N) is 1. The number of ether oxygens (including phenoxy) is 1. The summed E-state index contributed by atoms with van der Waals surface area (Å²) >= 11 is 1.43. The first kappa shape index (κ1) is 23.5. The highest BCUT2D eigenvalue weighted by Gasteiger charge is 2.21. The van der Waals surface area contributed by atoms with Crippen molar-refractivity contribution in [3.05, 3.63) is 55.2 Å². The zero-order valence-electron chi connectivity index (χ0n) is 19.5. The number of hydrogen-bond donors (Lipinski definition) is 1. The molecule has 0 saturated carbocycles. The van der Waals surface area contributed by atoms with Crippen LogP contribution in [-0.2, 0) is 16.1 Å². The summed E-state index contributed by atoms with van der Waals surface area (Å²) in [6.07, 6.45) is 0.743. The van der Waals surface area contributed by atoms with Crippen LogP contribution in [0.25, 0.3) is 16.3 Å². The van der Waals surface area contributed by atoms with Gasteiger partial charge in [-0.1, -0.05) is 13.8 Å². The number of thiophene rings is 1. The normalized spacial score (nSPS) is 12.9. The van der Waals surface area contributed by atoms with Gasteiger partial charge in [-0.25, -0.2) is 9.78 Å². The predicted octanol–water partition coefficient (Wildman–Crippen LogP) is 4.89. The highest BCUT2D eigenvalue weighted by atomic mass is 32.1. The molecular weight excluding hydrogens is 424 g/mol. The lowest BCUT2D eigenvalue weighted by Crippen LogP contribution is -2.17. The van der Waals surface area contributed by atoms with E-state index in [2.05, 4.69) is 28.4 Å². The van der Waals surface area contributed by atoms with Gasteiger partial charge in [0.05, 0.1) is 5.39 Å². The average molecular weight is 453 g/mol. The van der Waals surface area contributed by atoms with Crippen LogP contribution >= 0.6 is 11.3 Å². The second kappa shape index (κ2) is 9.13. The SMILES string of the molecule is Cc1sc2nc(C(C)OC(=O)/C(C#N)=C/c3cc(C)n(CC(C)C)c3C)[nH]c(=O)c2c1C. The van der Waals surface area contributed by atoms with Crippen molar-refractivity contribution in [3.63, 3.8) is 0 Å². The van der Waals surface area contributed by atoms with Gasteiger partial charge in [-0.15, -0.1) is 11.3 Å². The molecule has 0 aliphatic heterocycles. The Kier molecular flexibility index (Phi) is 6.70. The number of H-pyrrole nitrogens is 1. The van der Waals surface area contributed by atoms with Gasteiger partial charge in [-0.3, -0.25) is 4.79 Å². The van der Waals surface area contributed by atoms with Gasteiger partial charge in [0, 0.05) is 22.8 Å². The van der Waals surface area contributed by atoms with Crippen molar-refractivity contribution < 1.29 is 9.53 Å². The number of aryl methyl sites for hydroxylation is 3. The smallest absolute Gasteiger partial charge is 0.349 e. The van der Waals surface area contributed by atoms with Crippen LogP contribution in [-0.4, -0.2) is 20.5 Å². The summed E-state index contributed by atoms with van der Waals surface area (Å²) in [5.41, 5.74) is 3.40. The molecule has 1 atom stereocenters. The maximum Gasteiger partial charge on any atom is 0.349 e. The molecule has 32 heavy (non-hydrogen) atoms. The van der Waals surface area contributed by atoms with E-state index >= 15 is 0 Å². The van der Waals surface area contributed by atoms with Crippen LogP contribution in [0.2, 0.25) is 0 Å². The molecule has 168 valence electrons. The molecule has 0 saturated heterocycles. The van der Waals surface area contributed by atoms with Crippen LogP contribution in [0.4, 0.5) is 0 Å². The van der Waals surface area contributed by atoms with E-state index in [1.807, 2.05) is 39.8 Å². The fourth-order valence-electron chi connectivity index (χ4n) is 3.66. The summed E-state index contributed by atoms with van der Waals surface area (Å²) in [6.45, 7) is 14.6. The van der Waals surface area contributed by atoms with E-state index in [0.29, 0.717) is 16.1 Å². The van der Waals surface area contributed by atoms with Crippen molar-refractivity contribution in [1.29, 1.82) is 5.26 Å². The first-order chi connectivity index (χ1) is 15.0. The van der Waals surface area contributed by atoms with Gasteiger partial charge in [0.15, 0.2) is 11.9 Å².